The number of hydrogen-bond donors (Lipinski definition) is 1. The van der Waals surface area contributed by atoms with Gasteiger partial charge in [-0.05, 0) is 67.0 Å². The topological polar surface area (TPSA) is 53.2 Å². The largest absolute Gasteiger partial charge is 0.358 e. The molecule has 0 amide bonds. The summed E-state index contributed by atoms with van der Waals surface area (Å²) in [6.07, 6.45) is 5.09. The summed E-state index contributed by atoms with van der Waals surface area (Å²) in [5.74, 6) is 0. The lowest BCUT2D eigenvalue weighted by molar-refractivity contribution is 0.409. The summed E-state index contributed by atoms with van der Waals surface area (Å²) < 4.78 is 29.2. The summed E-state index contributed by atoms with van der Waals surface area (Å²) in [7, 11) is -3.65. The first-order valence-corrected chi connectivity index (χ1v) is 12.8. The molecule has 0 unspecified atom stereocenters. The molecule has 0 fully saturated rings. The molecule has 0 spiro atoms. The van der Waals surface area contributed by atoms with E-state index in [0.717, 1.165) is 41.3 Å². The Labute approximate surface area is 190 Å². The van der Waals surface area contributed by atoms with Crippen molar-refractivity contribution in [1.29, 1.82) is 0 Å². The molecule has 0 aliphatic heterocycles. The maximum atomic E-state index is 13.8. The third-order valence-corrected chi connectivity index (χ3v) is 8.24. The number of H-pyrrole nitrogens is 1. The Morgan fingerprint density at radius 3 is 2.25 bits per heavy atom. The van der Waals surface area contributed by atoms with E-state index in [4.69, 9.17) is 0 Å². The highest BCUT2D eigenvalue weighted by Gasteiger charge is 2.26. The van der Waals surface area contributed by atoms with Crippen molar-refractivity contribution in [3.8, 4) is 0 Å². The van der Waals surface area contributed by atoms with Crippen molar-refractivity contribution in [3.63, 3.8) is 0 Å². The van der Waals surface area contributed by atoms with Crippen molar-refractivity contribution in [2.45, 2.75) is 43.5 Å². The molecule has 164 valence electrons. The molecule has 1 aromatic heterocycles. The monoisotopic (exact) mass is 444 g/mol. The minimum Gasteiger partial charge on any atom is -0.358 e. The van der Waals surface area contributed by atoms with E-state index in [0.29, 0.717) is 24.4 Å². The number of nitrogens with one attached hydrogen (secondary N) is 1. The number of benzene rings is 3. The maximum absolute atomic E-state index is 13.8. The molecule has 0 saturated heterocycles. The van der Waals surface area contributed by atoms with Crippen LogP contribution in [0.3, 0.4) is 0 Å². The molecule has 3 aromatic carbocycles. The zero-order chi connectivity index (χ0) is 22.0. The van der Waals surface area contributed by atoms with Gasteiger partial charge >= 0.3 is 0 Å². The number of aryl methyl sites for hydroxylation is 2. The van der Waals surface area contributed by atoms with E-state index in [2.05, 4.69) is 4.98 Å². The smallest absolute Gasteiger partial charge is 0.243 e. The lowest BCUT2D eigenvalue weighted by atomic mass is 9.96. The second-order valence-corrected chi connectivity index (χ2v) is 10.5. The average molecular weight is 445 g/mol. The van der Waals surface area contributed by atoms with Gasteiger partial charge in [0.2, 0.25) is 10.0 Å². The van der Waals surface area contributed by atoms with Gasteiger partial charge in [0, 0.05) is 29.7 Å². The van der Waals surface area contributed by atoms with Crippen molar-refractivity contribution in [2.75, 3.05) is 6.54 Å². The van der Waals surface area contributed by atoms with Crippen LogP contribution < -0.4 is 0 Å². The number of nitrogens with zero attached hydrogens (tertiary/aromatic N) is 1. The second kappa shape index (κ2) is 8.93. The quantitative estimate of drug-likeness (QED) is 0.410. The Hall–Kier alpha value is -2.89. The van der Waals surface area contributed by atoms with Crippen LogP contribution in [0.5, 0.6) is 0 Å². The summed E-state index contributed by atoms with van der Waals surface area (Å²) in [6, 6.07) is 25.5. The van der Waals surface area contributed by atoms with Gasteiger partial charge < -0.3 is 4.98 Å². The molecule has 4 nitrogen and oxygen atoms in total. The highest BCUT2D eigenvalue weighted by Crippen LogP contribution is 2.31. The standard InChI is InChI=1S/C27H28N2O2S/c30-32(31,23-15-16-27-25(19-23)24-13-7-8-14-26(24)28-27)29(20-22-11-5-2-6-12-22)18-17-21-9-3-1-4-10-21/h1-6,9-12,15-16,19,28H,7-8,13-14,17-18,20H2. The van der Waals surface area contributed by atoms with Gasteiger partial charge in [-0.15, -0.1) is 0 Å². The van der Waals surface area contributed by atoms with E-state index in [1.165, 1.54) is 17.7 Å². The SMILES string of the molecule is O=S(=O)(c1ccc2[nH]c3c(c2c1)CCCC3)N(CCc1ccccc1)Cc1ccccc1. The molecule has 5 rings (SSSR count). The van der Waals surface area contributed by atoms with E-state index in [1.54, 1.807) is 10.4 Å². The molecule has 1 aliphatic rings. The number of sulfonamides is 1. The summed E-state index contributed by atoms with van der Waals surface area (Å²) in [5.41, 5.74) is 5.73. The Bertz CT molecular complexity index is 1310. The summed E-state index contributed by atoms with van der Waals surface area (Å²) in [5, 5.41) is 1.06. The van der Waals surface area contributed by atoms with Gasteiger partial charge in [-0.3, -0.25) is 0 Å². The van der Waals surface area contributed by atoms with Gasteiger partial charge in [-0.1, -0.05) is 60.7 Å². The minimum atomic E-state index is -3.65. The van der Waals surface area contributed by atoms with E-state index < -0.39 is 10.0 Å². The molecule has 5 heteroatoms. The summed E-state index contributed by atoms with van der Waals surface area (Å²) in [4.78, 5) is 3.88. The number of fused-ring (bicyclic) bond motifs is 3. The highest BCUT2D eigenvalue weighted by molar-refractivity contribution is 7.89. The van der Waals surface area contributed by atoms with Crippen LogP contribution in [0.2, 0.25) is 0 Å². The van der Waals surface area contributed by atoms with Crippen molar-refractivity contribution in [1.82, 2.24) is 9.29 Å². The molecule has 0 radical (unpaired) electrons. The van der Waals surface area contributed by atoms with Crippen LogP contribution >= 0.6 is 0 Å². The van der Waals surface area contributed by atoms with Gasteiger partial charge in [0.15, 0.2) is 0 Å². The lowest BCUT2D eigenvalue weighted by Crippen LogP contribution is -2.32. The Morgan fingerprint density at radius 1 is 0.812 bits per heavy atom. The van der Waals surface area contributed by atoms with E-state index >= 15 is 0 Å². The summed E-state index contributed by atoms with van der Waals surface area (Å²) >= 11 is 0. The first kappa shape index (κ1) is 21.0. The van der Waals surface area contributed by atoms with E-state index in [-0.39, 0.29) is 0 Å². The fourth-order valence-electron chi connectivity index (χ4n) is 4.66. The molecule has 0 bridgehead atoms. The zero-order valence-corrected chi connectivity index (χ0v) is 18.9. The Kier molecular flexibility index (Phi) is 5.85. The normalized spacial score (nSPS) is 14.0. The third kappa shape index (κ3) is 4.23. The fraction of sp³-hybridized carbons (Fsp3) is 0.259. The van der Waals surface area contributed by atoms with Gasteiger partial charge in [-0.25, -0.2) is 8.42 Å². The van der Waals surface area contributed by atoms with Gasteiger partial charge in [0.05, 0.1) is 4.90 Å². The highest BCUT2D eigenvalue weighted by atomic mass is 32.2. The fourth-order valence-corrected chi connectivity index (χ4v) is 6.12. The van der Waals surface area contributed by atoms with Gasteiger partial charge in [0.1, 0.15) is 0 Å². The number of aromatic nitrogens is 1. The van der Waals surface area contributed by atoms with Crippen molar-refractivity contribution < 1.29 is 8.42 Å². The average Bonchev–Trinajstić information content (AvgIpc) is 3.21. The first-order chi connectivity index (χ1) is 15.6. The number of hydrogen-bond acceptors (Lipinski definition) is 2. The molecule has 0 atom stereocenters. The van der Waals surface area contributed by atoms with Crippen molar-refractivity contribution >= 4 is 20.9 Å². The van der Waals surface area contributed by atoms with Crippen LogP contribution in [0.1, 0.15) is 35.2 Å². The molecular formula is C27H28N2O2S. The molecule has 1 heterocycles. The first-order valence-electron chi connectivity index (χ1n) is 11.3. The van der Waals surface area contributed by atoms with Crippen LogP contribution in [-0.2, 0) is 35.8 Å². The van der Waals surface area contributed by atoms with Crippen LogP contribution in [0.25, 0.3) is 10.9 Å². The Morgan fingerprint density at radius 2 is 1.50 bits per heavy atom. The summed E-state index contributed by atoms with van der Waals surface area (Å²) in [6.45, 7) is 0.795. The predicted octanol–water partition coefficient (Wildman–Crippen LogP) is 5.48. The molecule has 1 N–H and O–H groups in total. The van der Waals surface area contributed by atoms with Crippen molar-refractivity contribution in [3.05, 3.63) is 101 Å². The Balaban J connectivity index is 1.49. The van der Waals surface area contributed by atoms with Gasteiger partial charge in [0.25, 0.3) is 0 Å². The molecule has 0 saturated carbocycles. The number of aromatic amines is 1. The van der Waals surface area contributed by atoms with Crippen LogP contribution in [-0.4, -0.2) is 24.3 Å². The maximum Gasteiger partial charge on any atom is 0.243 e. The second-order valence-electron chi connectivity index (χ2n) is 8.56. The third-order valence-electron chi connectivity index (χ3n) is 6.40. The molecule has 1 aliphatic carbocycles. The molecule has 32 heavy (non-hydrogen) atoms. The predicted molar refractivity (Wildman–Crippen MR) is 129 cm³/mol. The number of rotatable bonds is 7. The van der Waals surface area contributed by atoms with Crippen LogP contribution in [0.15, 0.2) is 83.8 Å². The van der Waals surface area contributed by atoms with Crippen LogP contribution in [0, 0.1) is 0 Å². The molecular weight excluding hydrogens is 416 g/mol. The van der Waals surface area contributed by atoms with Crippen LogP contribution in [0.4, 0.5) is 0 Å². The zero-order valence-electron chi connectivity index (χ0n) is 18.1. The molecule has 4 aromatic rings. The van der Waals surface area contributed by atoms with E-state index in [1.807, 2.05) is 72.8 Å². The lowest BCUT2D eigenvalue weighted by Gasteiger charge is -2.23. The van der Waals surface area contributed by atoms with Gasteiger partial charge in [-0.2, -0.15) is 4.31 Å². The van der Waals surface area contributed by atoms with E-state index in [9.17, 15) is 8.42 Å². The minimum absolute atomic E-state index is 0.360. The van der Waals surface area contributed by atoms with Crippen molar-refractivity contribution in [2.24, 2.45) is 0 Å².